The normalized spacial score (nSPS) is 20.4. The second kappa shape index (κ2) is 7.11. The Labute approximate surface area is 119 Å². The van der Waals surface area contributed by atoms with Gasteiger partial charge in [-0.15, -0.1) is 11.8 Å². The van der Waals surface area contributed by atoms with Crippen LogP contribution in [-0.2, 0) is 11.2 Å². The van der Waals surface area contributed by atoms with Gasteiger partial charge in [0, 0.05) is 17.9 Å². The molecule has 19 heavy (non-hydrogen) atoms. The lowest BCUT2D eigenvalue weighted by Gasteiger charge is -2.13. The van der Waals surface area contributed by atoms with Crippen LogP contribution in [0.5, 0.6) is 0 Å². The van der Waals surface area contributed by atoms with Crippen molar-refractivity contribution in [3.05, 3.63) is 35.4 Å². The predicted octanol–water partition coefficient (Wildman–Crippen LogP) is 3.73. The van der Waals surface area contributed by atoms with Crippen LogP contribution in [0.4, 0.5) is 0 Å². The van der Waals surface area contributed by atoms with Crippen molar-refractivity contribution in [3.63, 3.8) is 0 Å². The van der Waals surface area contributed by atoms with Crippen LogP contribution in [-0.4, -0.2) is 29.5 Å². The molecule has 0 saturated carbocycles. The van der Waals surface area contributed by atoms with E-state index in [1.54, 1.807) is 11.8 Å². The standard InChI is InChI=1S/C16H22O2S/c1-3-13-6-8-14(9-7-13)16(17)12(2)19-11-15-5-4-10-18-15/h6-9,12,15H,3-5,10-11H2,1-2H3. The first-order valence-corrected chi connectivity index (χ1v) is 8.12. The molecule has 2 unspecified atom stereocenters. The molecule has 2 rings (SSSR count). The molecule has 1 fully saturated rings. The number of hydrogen-bond donors (Lipinski definition) is 0. The van der Waals surface area contributed by atoms with Gasteiger partial charge in [-0.3, -0.25) is 4.79 Å². The van der Waals surface area contributed by atoms with Crippen molar-refractivity contribution >= 4 is 17.5 Å². The molecule has 2 nitrogen and oxygen atoms in total. The Morgan fingerprint density at radius 1 is 1.42 bits per heavy atom. The largest absolute Gasteiger partial charge is 0.377 e. The molecule has 0 spiro atoms. The van der Waals surface area contributed by atoms with Gasteiger partial charge in [0.1, 0.15) is 0 Å². The van der Waals surface area contributed by atoms with E-state index in [0.29, 0.717) is 6.10 Å². The first-order valence-electron chi connectivity index (χ1n) is 7.07. The van der Waals surface area contributed by atoms with Gasteiger partial charge in [0.25, 0.3) is 0 Å². The van der Waals surface area contributed by atoms with Crippen LogP contribution < -0.4 is 0 Å². The lowest BCUT2D eigenvalue weighted by atomic mass is 10.1. The Morgan fingerprint density at radius 3 is 2.74 bits per heavy atom. The number of ether oxygens (including phenoxy) is 1. The third-order valence-corrected chi connectivity index (χ3v) is 4.85. The summed E-state index contributed by atoms with van der Waals surface area (Å²) in [5, 5.41) is 0.0108. The summed E-state index contributed by atoms with van der Waals surface area (Å²) in [6, 6.07) is 7.99. The Balaban J connectivity index is 1.86. The van der Waals surface area contributed by atoms with Crippen molar-refractivity contribution in [2.45, 2.75) is 44.5 Å². The molecule has 0 aliphatic carbocycles. The lowest BCUT2D eigenvalue weighted by molar-refractivity contribution is 0.0993. The Hall–Kier alpha value is -0.800. The third kappa shape index (κ3) is 4.08. The van der Waals surface area contributed by atoms with Crippen molar-refractivity contribution in [1.29, 1.82) is 0 Å². The summed E-state index contributed by atoms with van der Waals surface area (Å²) in [6.45, 7) is 5.00. The number of ketones is 1. The Kier molecular flexibility index (Phi) is 5.46. The summed E-state index contributed by atoms with van der Waals surface area (Å²) in [6.07, 6.45) is 3.66. The number of thioether (sulfide) groups is 1. The Bertz CT molecular complexity index is 407. The van der Waals surface area contributed by atoms with Crippen LogP contribution in [0.3, 0.4) is 0 Å². The van der Waals surface area contributed by atoms with E-state index in [1.807, 2.05) is 31.2 Å². The van der Waals surface area contributed by atoms with Crippen molar-refractivity contribution in [3.8, 4) is 0 Å². The van der Waals surface area contributed by atoms with Gasteiger partial charge in [0.15, 0.2) is 5.78 Å². The van der Waals surface area contributed by atoms with E-state index in [1.165, 1.54) is 5.56 Å². The van der Waals surface area contributed by atoms with E-state index in [4.69, 9.17) is 4.74 Å². The summed E-state index contributed by atoms with van der Waals surface area (Å²) in [4.78, 5) is 12.3. The molecule has 1 heterocycles. The molecule has 0 aromatic heterocycles. The fourth-order valence-corrected chi connectivity index (χ4v) is 3.30. The van der Waals surface area contributed by atoms with E-state index in [2.05, 4.69) is 6.92 Å². The molecule has 1 aromatic rings. The van der Waals surface area contributed by atoms with Gasteiger partial charge >= 0.3 is 0 Å². The highest BCUT2D eigenvalue weighted by molar-refractivity contribution is 8.00. The van der Waals surface area contributed by atoms with Crippen molar-refractivity contribution in [2.75, 3.05) is 12.4 Å². The smallest absolute Gasteiger partial charge is 0.175 e. The molecule has 1 aromatic carbocycles. The number of carbonyl (C=O) groups excluding carboxylic acids is 1. The number of aryl methyl sites for hydroxylation is 1. The van der Waals surface area contributed by atoms with Gasteiger partial charge < -0.3 is 4.74 Å². The molecule has 1 saturated heterocycles. The average Bonchev–Trinajstić information content (AvgIpc) is 2.97. The lowest BCUT2D eigenvalue weighted by Crippen LogP contribution is -2.18. The molecule has 0 N–H and O–H groups in total. The zero-order valence-corrected chi connectivity index (χ0v) is 12.5. The molecular weight excluding hydrogens is 256 g/mol. The van der Waals surface area contributed by atoms with Crippen molar-refractivity contribution in [2.24, 2.45) is 0 Å². The van der Waals surface area contributed by atoms with E-state index < -0.39 is 0 Å². The number of benzene rings is 1. The first kappa shape index (κ1) is 14.6. The summed E-state index contributed by atoms with van der Waals surface area (Å²) in [5.74, 6) is 1.16. The Morgan fingerprint density at radius 2 is 2.16 bits per heavy atom. The van der Waals surface area contributed by atoms with Crippen molar-refractivity contribution < 1.29 is 9.53 Å². The number of carbonyl (C=O) groups is 1. The third-order valence-electron chi connectivity index (χ3n) is 3.57. The fourth-order valence-electron chi connectivity index (χ4n) is 2.24. The maximum absolute atomic E-state index is 12.3. The topological polar surface area (TPSA) is 26.3 Å². The molecule has 1 aliphatic heterocycles. The molecule has 3 heteroatoms. The van der Waals surface area contributed by atoms with Gasteiger partial charge in [-0.2, -0.15) is 0 Å². The SMILES string of the molecule is CCc1ccc(C(=O)C(C)SCC2CCCO2)cc1. The van der Waals surface area contributed by atoms with E-state index in [-0.39, 0.29) is 11.0 Å². The van der Waals surface area contributed by atoms with E-state index in [9.17, 15) is 4.79 Å². The van der Waals surface area contributed by atoms with Gasteiger partial charge in [0.05, 0.1) is 11.4 Å². The molecule has 0 amide bonds. The minimum atomic E-state index is 0.0108. The van der Waals surface area contributed by atoms with Crippen LogP contribution in [0.15, 0.2) is 24.3 Å². The molecule has 2 atom stereocenters. The summed E-state index contributed by atoms with van der Waals surface area (Å²) in [5.41, 5.74) is 2.10. The predicted molar refractivity (Wildman–Crippen MR) is 81.0 cm³/mol. The van der Waals surface area contributed by atoms with E-state index in [0.717, 1.165) is 37.2 Å². The average molecular weight is 278 g/mol. The molecular formula is C16H22O2S. The van der Waals surface area contributed by atoms with Gasteiger partial charge in [-0.05, 0) is 31.7 Å². The number of Topliss-reactive ketones (excluding diaryl/α,β-unsaturated/α-hetero) is 1. The van der Waals surface area contributed by atoms with Gasteiger partial charge in [-0.25, -0.2) is 0 Å². The second-order valence-electron chi connectivity index (χ2n) is 5.03. The van der Waals surface area contributed by atoms with Crippen LogP contribution in [0.2, 0.25) is 0 Å². The fraction of sp³-hybridized carbons (Fsp3) is 0.562. The molecule has 104 valence electrons. The van der Waals surface area contributed by atoms with E-state index >= 15 is 0 Å². The number of rotatable bonds is 6. The molecule has 0 radical (unpaired) electrons. The monoisotopic (exact) mass is 278 g/mol. The van der Waals surface area contributed by atoms with Crippen LogP contribution in [0.1, 0.15) is 42.6 Å². The summed E-state index contributed by atoms with van der Waals surface area (Å²) < 4.78 is 5.59. The minimum absolute atomic E-state index is 0.0108. The maximum Gasteiger partial charge on any atom is 0.175 e. The van der Waals surface area contributed by atoms with Gasteiger partial charge in [0.2, 0.25) is 0 Å². The highest BCUT2D eigenvalue weighted by Crippen LogP contribution is 2.22. The summed E-state index contributed by atoms with van der Waals surface area (Å²) in [7, 11) is 0. The van der Waals surface area contributed by atoms with Crippen LogP contribution >= 0.6 is 11.8 Å². The maximum atomic E-state index is 12.3. The summed E-state index contributed by atoms with van der Waals surface area (Å²) >= 11 is 1.71. The minimum Gasteiger partial charge on any atom is -0.377 e. The highest BCUT2D eigenvalue weighted by Gasteiger charge is 2.20. The number of hydrogen-bond acceptors (Lipinski definition) is 3. The highest BCUT2D eigenvalue weighted by atomic mass is 32.2. The van der Waals surface area contributed by atoms with Gasteiger partial charge in [-0.1, -0.05) is 31.2 Å². The zero-order valence-electron chi connectivity index (χ0n) is 11.7. The second-order valence-corrected chi connectivity index (χ2v) is 6.40. The van der Waals surface area contributed by atoms with Crippen LogP contribution in [0.25, 0.3) is 0 Å². The first-order chi connectivity index (χ1) is 9.20. The zero-order chi connectivity index (χ0) is 13.7. The molecule has 0 bridgehead atoms. The quantitative estimate of drug-likeness (QED) is 0.742. The van der Waals surface area contributed by atoms with Crippen molar-refractivity contribution in [1.82, 2.24) is 0 Å². The molecule has 1 aliphatic rings. The van der Waals surface area contributed by atoms with Crippen LogP contribution in [0, 0.1) is 0 Å².